The first-order valence-electron chi connectivity index (χ1n) is 7.82. The van der Waals surface area contributed by atoms with Gasteiger partial charge < -0.3 is 15.0 Å². The largest absolute Gasteiger partial charge is 0.395 e. The predicted molar refractivity (Wildman–Crippen MR) is 91.3 cm³/mol. The number of nitrogens with zero attached hydrogens (tertiary/aromatic N) is 1. The van der Waals surface area contributed by atoms with Crippen LogP contribution in [-0.2, 0) is 6.54 Å². The molecule has 0 unspecified atom stereocenters. The fourth-order valence-electron chi connectivity index (χ4n) is 2.86. The predicted octanol–water partition coefficient (Wildman–Crippen LogP) is 3.25. The number of hydrogen-bond acceptors (Lipinski definition) is 2. The Morgan fingerprint density at radius 3 is 2.58 bits per heavy atom. The van der Waals surface area contributed by atoms with Gasteiger partial charge in [-0.1, -0.05) is 36.4 Å². The molecule has 5 heteroatoms. The van der Waals surface area contributed by atoms with Gasteiger partial charge >= 0.3 is 0 Å². The highest BCUT2D eigenvalue weighted by Gasteiger charge is 2.21. The topological polar surface area (TPSA) is 56.3 Å². The van der Waals surface area contributed by atoms with Crippen LogP contribution in [0.1, 0.15) is 21.6 Å². The molecule has 1 aromatic heterocycles. The molecule has 0 bridgehead atoms. The van der Waals surface area contributed by atoms with E-state index in [2.05, 4.69) is 4.98 Å². The van der Waals surface area contributed by atoms with Gasteiger partial charge in [0, 0.05) is 29.6 Å². The van der Waals surface area contributed by atoms with Crippen molar-refractivity contribution in [1.82, 2.24) is 9.88 Å². The lowest BCUT2D eigenvalue weighted by Gasteiger charge is -2.22. The number of fused-ring (bicyclic) bond motifs is 1. The van der Waals surface area contributed by atoms with Crippen LogP contribution in [0.5, 0.6) is 0 Å². The number of aliphatic hydroxyl groups is 1. The Labute approximate surface area is 139 Å². The molecule has 124 valence electrons. The summed E-state index contributed by atoms with van der Waals surface area (Å²) < 4.78 is 13.9. The van der Waals surface area contributed by atoms with Crippen LogP contribution in [0.3, 0.4) is 0 Å². The first-order valence-corrected chi connectivity index (χ1v) is 7.82. The summed E-state index contributed by atoms with van der Waals surface area (Å²) in [6.45, 7) is 1.95. The maximum atomic E-state index is 13.9. The van der Waals surface area contributed by atoms with Crippen LogP contribution in [0.4, 0.5) is 4.39 Å². The number of nitrogens with one attached hydrogen (secondary N) is 1. The quantitative estimate of drug-likeness (QED) is 0.756. The molecule has 0 aliphatic rings. The number of aromatic nitrogens is 1. The first-order chi connectivity index (χ1) is 11.6. The van der Waals surface area contributed by atoms with Crippen LogP contribution in [-0.4, -0.2) is 34.0 Å². The van der Waals surface area contributed by atoms with Crippen molar-refractivity contribution >= 4 is 16.8 Å². The number of amides is 1. The highest BCUT2D eigenvalue weighted by atomic mass is 19.1. The zero-order valence-corrected chi connectivity index (χ0v) is 13.4. The Bertz CT molecular complexity index is 873. The van der Waals surface area contributed by atoms with E-state index in [0.717, 1.165) is 16.5 Å². The monoisotopic (exact) mass is 326 g/mol. The van der Waals surface area contributed by atoms with E-state index in [4.69, 9.17) is 0 Å². The molecular weight excluding hydrogens is 307 g/mol. The zero-order valence-electron chi connectivity index (χ0n) is 13.4. The highest BCUT2D eigenvalue weighted by Crippen LogP contribution is 2.23. The maximum absolute atomic E-state index is 13.9. The van der Waals surface area contributed by atoms with E-state index in [1.165, 1.54) is 11.0 Å². The zero-order chi connectivity index (χ0) is 17.1. The van der Waals surface area contributed by atoms with Crippen molar-refractivity contribution in [3.05, 3.63) is 71.2 Å². The van der Waals surface area contributed by atoms with Gasteiger partial charge in [-0.25, -0.2) is 4.39 Å². The van der Waals surface area contributed by atoms with Gasteiger partial charge in [-0.3, -0.25) is 4.79 Å². The summed E-state index contributed by atoms with van der Waals surface area (Å²) in [5.74, 6) is -0.609. The molecule has 1 amide bonds. The van der Waals surface area contributed by atoms with Gasteiger partial charge in [-0.2, -0.15) is 0 Å². The number of rotatable bonds is 5. The van der Waals surface area contributed by atoms with Crippen LogP contribution >= 0.6 is 0 Å². The fourth-order valence-corrected chi connectivity index (χ4v) is 2.86. The minimum atomic E-state index is -0.360. The Morgan fingerprint density at radius 2 is 1.88 bits per heavy atom. The van der Waals surface area contributed by atoms with E-state index in [1.807, 2.05) is 31.2 Å². The second-order valence-electron chi connectivity index (χ2n) is 5.71. The minimum Gasteiger partial charge on any atom is -0.395 e. The van der Waals surface area contributed by atoms with Crippen LogP contribution in [0.2, 0.25) is 0 Å². The Balaban J connectivity index is 1.94. The summed E-state index contributed by atoms with van der Waals surface area (Å²) in [4.78, 5) is 17.5. The number of benzene rings is 2. The van der Waals surface area contributed by atoms with E-state index in [9.17, 15) is 14.3 Å². The summed E-state index contributed by atoms with van der Waals surface area (Å²) in [6.07, 6.45) is 0. The Morgan fingerprint density at radius 1 is 1.17 bits per heavy atom. The van der Waals surface area contributed by atoms with Gasteiger partial charge in [-0.15, -0.1) is 0 Å². The summed E-state index contributed by atoms with van der Waals surface area (Å²) in [5.41, 5.74) is 2.63. The van der Waals surface area contributed by atoms with Gasteiger partial charge in [0.05, 0.1) is 6.61 Å². The van der Waals surface area contributed by atoms with E-state index < -0.39 is 0 Å². The highest BCUT2D eigenvalue weighted by molar-refractivity contribution is 6.00. The number of hydrogen-bond donors (Lipinski definition) is 2. The van der Waals surface area contributed by atoms with E-state index in [1.54, 1.807) is 18.2 Å². The molecule has 4 nitrogen and oxygen atoms in total. The minimum absolute atomic E-state index is 0.112. The molecule has 0 aliphatic heterocycles. The van der Waals surface area contributed by atoms with Crippen molar-refractivity contribution in [2.75, 3.05) is 13.2 Å². The Kier molecular flexibility index (Phi) is 4.62. The molecule has 1 heterocycles. The lowest BCUT2D eigenvalue weighted by molar-refractivity contribution is 0.0700. The lowest BCUT2D eigenvalue weighted by Crippen LogP contribution is -2.34. The standard InChI is InChI=1S/C19H19FN2O2/c1-13-15-7-3-5-9-17(15)21-18(13)19(24)22(10-11-23)12-14-6-2-4-8-16(14)20/h2-9,21,23H,10-12H2,1H3. The van der Waals surface area contributed by atoms with Gasteiger partial charge in [0.1, 0.15) is 11.5 Å². The third kappa shape index (κ3) is 3.03. The Hall–Kier alpha value is -2.66. The van der Waals surface area contributed by atoms with Crippen LogP contribution in [0.15, 0.2) is 48.5 Å². The van der Waals surface area contributed by atoms with Gasteiger partial charge in [0.25, 0.3) is 5.91 Å². The smallest absolute Gasteiger partial charge is 0.270 e. The molecule has 0 atom stereocenters. The molecule has 0 aliphatic carbocycles. The number of H-pyrrole nitrogens is 1. The number of halogens is 1. The number of aromatic amines is 1. The molecule has 3 rings (SSSR count). The molecule has 24 heavy (non-hydrogen) atoms. The van der Waals surface area contributed by atoms with E-state index in [-0.39, 0.29) is 31.4 Å². The summed E-state index contributed by atoms with van der Waals surface area (Å²) in [7, 11) is 0. The second kappa shape index (κ2) is 6.84. The van der Waals surface area contributed by atoms with Gasteiger partial charge in [0.15, 0.2) is 0 Å². The molecule has 2 N–H and O–H groups in total. The molecular formula is C19H19FN2O2. The summed E-state index contributed by atoms with van der Waals surface area (Å²) >= 11 is 0. The maximum Gasteiger partial charge on any atom is 0.270 e. The van der Waals surface area contributed by atoms with Crippen molar-refractivity contribution < 1.29 is 14.3 Å². The third-order valence-electron chi connectivity index (χ3n) is 4.16. The molecule has 0 radical (unpaired) electrons. The molecule has 0 fully saturated rings. The average molecular weight is 326 g/mol. The van der Waals surface area contributed by atoms with Crippen LogP contribution in [0.25, 0.3) is 10.9 Å². The molecule has 2 aromatic carbocycles. The molecule has 3 aromatic rings. The van der Waals surface area contributed by atoms with Gasteiger partial charge in [-0.05, 0) is 24.6 Å². The molecule has 0 saturated heterocycles. The number of carbonyl (C=O) groups is 1. The number of aryl methyl sites for hydroxylation is 1. The van der Waals surface area contributed by atoms with Gasteiger partial charge in [0.2, 0.25) is 0 Å². The van der Waals surface area contributed by atoms with Crippen molar-refractivity contribution in [1.29, 1.82) is 0 Å². The van der Waals surface area contributed by atoms with Crippen LogP contribution in [0, 0.1) is 12.7 Å². The fraction of sp³-hybridized carbons (Fsp3) is 0.211. The van der Waals surface area contributed by atoms with Crippen molar-refractivity contribution in [2.45, 2.75) is 13.5 Å². The van der Waals surface area contributed by atoms with Crippen molar-refractivity contribution in [3.8, 4) is 0 Å². The lowest BCUT2D eigenvalue weighted by atomic mass is 10.1. The van der Waals surface area contributed by atoms with Crippen LogP contribution < -0.4 is 0 Å². The number of carbonyl (C=O) groups excluding carboxylic acids is 1. The van der Waals surface area contributed by atoms with E-state index in [0.29, 0.717) is 11.3 Å². The number of para-hydroxylation sites is 1. The second-order valence-corrected chi connectivity index (χ2v) is 5.71. The molecule has 0 spiro atoms. The summed E-state index contributed by atoms with van der Waals surface area (Å²) in [5, 5.41) is 10.3. The normalized spacial score (nSPS) is 11.0. The average Bonchev–Trinajstić information content (AvgIpc) is 2.93. The molecule has 0 saturated carbocycles. The van der Waals surface area contributed by atoms with E-state index >= 15 is 0 Å². The SMILES string of the molecule is Cc1c(C(=O)N(CCO)Cc2ccccc2F)[nH]c2ccccc12. The van der Waals surface area contributed by atoms with Crippen molar-refractivity contribution in [3.63, 3.8) is 0 Å². The number of aliphatic hydroxyl groups excluding tert-OH is 1. The third-order valence-corrected chi connectivity index (χ3v) is 4.16. The first kappa shape index (κ1) is 16.2. The summed E-state index contributed by atoms with van der Waals surface area (Å²) in [6, 6.07) is 14.0. The van der Waals surface area contributed by atoms with Crippen molar-refractivity contribution in [2.24, 2.45) is 0 Å².